The van der Waals surface area contributed by atoms with E-state index in [9.17, 15) is 4.39 Å². The van der Waals surface area contributed by atoms with Crippen LogP contribution in [-0.2, 0) is 0 Å². The third-order valence-corrected chi connectivity index (χ3v) is 3.66. The van der Waals surface area contributed by atoms with Crippen molar-refractivity contribution < 1.29 is 18.6 Å². The van der Waals surface area contributed by atoms with Gasteiger partial charge in [-0.1, -0.05) is 12.1 Å². The second-order valence-electron chi connectivity index (χ2n) is 4.33. The molecule has 1 atom stereocenters. The Balaban J connectivity index is 2.49. The first kappa shape index (κ1) is 15.4. The number of hydrogen-bond donors (Lipinski definition) is 0. The number of methoxy groups -OCH3 is 3. The van der Waals surface area contributed by atoms with Crippen molar-refractivity contribution >= 4 is 11.6 Å². The Morgan fingerprint density at radius 3 is 1.95 bits per heavy atom. The standard InChI is InChI=1S/C16H16ClFO3/c1-19-12-8-7-10(9-11(12)18)16(17)15-13(20-2)5-4-6-14(15)21-3/h4-9,16H,1-3H3. The molecule has 0 aliphatic heterocycles. The van der Waals surface area contributed by atoms with Gasteiger partial charge in [0.15, 0.2) is 11.6 Å². The van der Waals surface area contributed by atoms with Crippen LogP contribution in [0.25, 0.3) is 0 Å². The molecule has 0 spiro atoms. The molecule has 2 rings (SSSR count). The Kier molecular flexibility index (Phi) is 4.91. The van der Waals surface area contributed by atoms with Gasteiger partial charge in [-0.05, 0) is 29.8 Å². The monoisotopic (exact) mass is 310 g/mol. The topological polar surface area (TPSA) is 27.7 Å². The third kappa shape index (κ3) is 3.05. The lowest BCUT2D eigenvalue weighted by atomic mass is 10.0. The fourth-order valence-corrected chi connectivity index (χ4v) is 2.49. The summed E-state index contributed by atoms with van der Waals surface area (Å²) in [6.07, 6.45) is 0. The summed E-state index contributed by atoms with van der Waals surface area (Å²) in [5.41, 5.74) is 1.26. The summed E-state index contributed by atoms with van der Waals surface area (Å²) >= 11 is 6.50. The van der Waals surface area contributed by atoms with E-state index in [0.29, 0.717) is 22.6 Å². The zero-order chi connectivity index (χ0) is 15.4. The number of rotatable bonds is 5. The Bertz CT molecular complexity index is 609. The van der Waals surface area contributed by atoms with Crippen molar-refractivity contribution in [1.29, 1.82) is 0 Å². The van der Waals surface area contributed by atoms with Crippen LogP contribution in [0.2, 0.25) is 0 Å². The molecule has 0 radical (unpaired) electrons. The highest BCUT2D eigenvalue weighted by molar-refractivity contribution is 6.23. The summed E-state index contributed by atoms with van der Waals surface area (Å²) in [7, 11) is 4.52. The number of halogens is 2. The van der Waals surface area contributed by atoms with E-state index in [4.69, 9.17) is 25.8 Å². The lowest BCUT2D eigenvalue weighted by molar-refractivity contribution is 0.384. The van der Waals surface area contributed by atoms with Crippen molar-refractivity contribution in [3.05, 3.63) is 53.3 Å². The predicted molar refractivity (Wildman–Crippen MR) is 80.2 cm³/mol. The van der Waals surface area contributed by atoms with Crippen LogP contribution in [0.5, 0.6) is 17.2 Å². The summed E-state index contributed by atoms with van der Waals surface area (Å²) in [6, 6.07) is 9.98. The van der Waals surface area contributed by atoms with E-state index in [1.807, 2.05) is 0 Å². The van der Waals surface area contributed by atoms with Gasteiger partial charge in [0.1, 0.15) is 11.5 Å². The van der Waals surface area contributed by atoms with E-state index in [-0.39, 0.29) is 5.75 Å². The molecular weight excluding hydrogens is 295 g/mol. The largest absolute Gasteiger partial charge is 0.496 e. The molecular formula is C16H16ClFO3. The van der Waals surface area contributed by atoms with Crippen molar-refractivity contribution in [3.8, 4) is 17.2 Å². The lowest BCUT2D eigenvalue weighted by Crippen LogP contribution is -2.02. The zero-order valence-electron chi connectivity index (χ0n) is 12.0. The van der Waals surface area contributed by atoms with Crippen LogP contribution in [0.1, 0.15) is 16.5 Å². The summed E-state index contributed by atoms with van der Waals surface area (Å²) in [6.45, 7) is 0. The first-order valence-corrected chi connectivity index (χ1v) is 6.74. The quantitative estimate of drug-likeness (QED) is 0.775. The van der Waals surface area contributed by atoms with Gasteiger partial charge in [-0.25, -0.2) is 4.39 Å². The fourth-order valence-electron chi connectivity index (χ4n) is 2.14. The summed E-state index contributed by atoms with van der Waals surface area (Å²) in [5.74, 6) is 0.889. The second-order valence-corrected chi connectivity index (χ2v) is 4.77. The molecule has 1 unspecified atom stereocenters. The zero-order valence-corrected chi connectivity index (χ0v) is 12.8. The molecule has 0 saturated heterocycles. The van der Waals surface area contributed by atoms with E-state index < -0.39 is 11.2 Å². The molecule has 21 heavy (non-hydrogen) atoms. The van der Waals surface area contributed by atoms with Crippen LogP contribution in [0.3, 0.4) is 0 Å². The second kappa shape index (κ2) is 6.68. The van der Waals surface area contributed by atoms with Crippen molar-refractivity contribution in [2.24, 2.45) is 0 Å². The molecule has 0 bridgehead atoms. The number of hydrogen-bond acceptors (Lipinski definition) is 3. The van der Waals surface area contributed by atoms with E-state index in [0.717, 1.165) is 0 Å². The van der Waals surface area contributed by atoms with Gasteiger partial charge in [0.05, 0.1) is 32.3 Å². The number of ether oxygens (including phenoxy) is 3. The van der Waals surface area contributed by atoms with Gasteiger partial charge in [-0.2, -0.15) is 0 Å². The maximum atomic E-state index is 13.8. The molecule has 5 heteroatoms. The van der Waals surface area contributed by atoms with E-state index in [1.54, 1.807) is 44.6 Å². The molecule has 0 N–H and O–H groups in total. The molecule has 2 aromatic rings. The first-order valence-electron chi connectivity index (χ1n) is 6.30. The highest BCUT2D eigenvalue weighted by Gasteiger charge is 2.21. The average molecular weight is 311 g/mol. The van der Waals surface area contributed by atoms with Gasteiger partial charge in [0.2, 0.25) is 0 Å². The Morgan fingerprint density at radius 2 is 1.48 bits per heavy atom. The molecule has 0 fully saturated rings. The van der Waals surface area contributed by atoms with Gasteiger partial charge in [0, 0.05) is 0 Å². The Hall–Kier alpha value is -1.94. The average Bonchev–Trinajstić information content (AvgIpc) is 2.53. The van der Waals surface area contributed by atoms with Gasteiger partial charge in [0.25, 0.3) is 0 Å². The Morgan fingerprint density at radius 1 is 0.905 bits per heavy atom. The molecule has 0 aliphatic rings. The molecule has 0 aliphatic carbocycles. The highest BCUT2D eigenvalue weighted by Crippen LogP contribution is 2.41. The van der Waals surface area contributed by atoms with Crippen LogP contribution in [-0.4, -0.2) is 21.3 Å². The van der Waals surface area contributed by atoms with Crippen LogP contribution >= 0.6 is 11.6 Å². The number of benzene rings is 2. The van der Waals surface area contributed by atoms with Gasteiger partial charge < -0.3 is 14.2 Å². The summed E-state index contributed by atoms with van der Waals surface area (Å²) < 4.78 is 29.4. The lowest BCUT2D eigenvalue weighted by Gasteiger charge is -2.18. The maximum absolute atomic E-state index is 13.8. The molecule has 112 valence electrons. The maximum Gasteiger partial charge on any atom is 0.165 e. The molecule has 3 nitrogen and oxygen atoms in total. The smallest absolute Gasteiger partial charge is 0.165 e. The molecule has 0 saturated carbocycles. The summed E-state index contributed by atoms with van der Waals surface area (Å²) in [5, 5.41) is -0.600. The van der Waals surface area contributed by atoms with Gasteiger partial charge in [-0.3, -0.25) is 0 Å². The normalized spacial score (nSPS) is 11.9. The van der Waals surface area contributed by atoms with E-state index in [2.05, 4.69) is 0 Å². The third-order valence-electron chi connectivity index (χ3n) is 3.19. The van der Waals surface area contributed by atoms with E-state index >= 15 is 0 Å². The minimum atomic E-state index is -0.600. The molecule has 0 aromatic heterocycles. The Labute approximate surface area is 128 Å². The van der Waals surface area contributed by atoms with Gasteiger partial charge in [-0.15, -0.1) is 11.6 Å². The first-order chi connectivity index (χ1) is 10.1. The van der Waals surface area contributed by atoms with Crippen LogP contribution in [0.15, 0.2) is 36.4 Å². The highest BCUT2D eigenvalue weighted by atomic mass is 35.5. The van der Waals surface area contributed by atoms with Crippen LogP contribution < -0.4 is 14.2 Å². The van der Waals surface area contributed by atoms with Gasteiger partial charge >= 0.3 is 0 Å². The van der Waals surface area contributed by atoms with Crippen molar-refractivity contribution in [2.45, 2.75) is 5.38 Å². The molecule has 0 amide bonds. The SMILES string of the molecule is COc1ccc(C(Cl)c2c(OC)cccc2OC)cc1F. The summed E-state index contributed by atoms with van der Waals surface area (Å²) in [4.78, 5) is 0. The van der Waals surface area contributed by atoms with Crippen LogP contribution in [0, 0.1) is 5.82 Å². The van der Waals surface area contributed by atoms with Crippen molar-refractivity contribution in [3.63, 3.8) is 0 Å². The van der Waals surface area contributed by atoms with Crippen LogP contribution in [0.4, 0.5) is 4.39 Å². The molecule has 0 heterocycles. The number of alkyl halides is 1. The minimum Gasteiger partial charge on any atom is -0.496 e. The molecule has 2 aromatic carbocycles. The fraction of sp³-hybridized carbons (Fsp3) is 0.250. The predicted octanol–water partition coefficient (Wildman–Crippen LogP) is 4.18. The van der Waals surface area contributed by atoms with Crippen molar-refractivity contribution in [1.82, 2.24) is 0 Å². The minimum absolute atomic E-state index is 0.176. The van der Waals surface area contributed by atoms with E-state index in [1.165, 1.54) is 13.2 Å². The van der Waals surface area contributed by atoms with Crippen molar-refractivity contribution in [2.75, 3.05) is 21.3 Å².